The number of unbranched alkanes of at least 4 members (excludes halogenated alkanes) is 3. The van der Waals surface area contributed by atoms with Crippen LogP contribution in [0.1, 0.15) is 305 Å². The van der Waals surface area contributed by atoms with Crippen LogP contribution in [0.15, 0.2) is 0 Å². The lowest BCUT2D eigenvalue weighted by Gasteiger charge is -2.24. The highest BCUT2D eigenvalue weighted by atomic mass is 16.6. The van der Waals surface area contributed by atoms with Crippen molar-refractivity contribution in [1.82, 2.24) is 0 Å². The Morgan fingerprint density at radius 2 is 0.372 bits per heavy atom. The molecule has 3 rings (SSSR count). The maximum absolute atomic E-state index is 15.4. The van der Waals surface area contributed by atoms with Crippen molar-refractivity contribution in [1.29, 1.82) is 0 Å². The van der Waals surface area contributed by atoms with Crippen LogP contribution < -0.4 is 0 Å². The Bertz CT molecular complexity index is 3600. The lowest BCUT2D eigenvalue weighted by atomic mass is 9.85. The molecule has 3 unspecified atom stereocenters. The van der Waals surface area contributed by atoms with Crippen LogP contribution >= 0.6 is 0 Å². The van der Waals surface area contributed by atoms with Crippen LogP contribution in [0.5, 0.6) is 0 Å². The minimum atomic E-state index is -2.99. The first-order valence-corrected chi connectivity index (χ1v) is 28.3. The largest absolute Gasteiger partial charge is 0.478 e. The summed E-state index contributed by atoms with van der Waals surface area (Å²) in [6.45, 7) is 7.73. The van der Waals surface area contributed by atoms with Gasteiger partial charge in [0.15, 0.2) is 0 Å². The van der Waals surface area contributed by atoms with E-state index in [1.54, 1.807) is 41.5 Å². The molecule has 0 fully saturated rings. The Morgan fingerprint density at radius 3 is 0.543 bits per heavy atom. The topological polar surface area (TPSA) is 576 Å². The van der Waals surface area contributed by atoms with Gasteiger partial charge in [0.05, 0.1) is 120 Å². The van der Waals surface area contributed by atoms with Crippen molar-refractivity contribution in [3.8, 4) is 0 Å². The highest BCUT2D eigenvalue weighted by Gasteiger charge is 2.48. The number of carbonyl (C=O) groups is 18. The molecule has 34 nitrogen and oxygen atoms in total. The molecule has 94 heavy (non-hydrogen) atoms. The van der Waals surface area contributed by atoms with Gasteiger partial charge in [0.25, 0.3) is 0 Å². The second-order valence-corrected chi connectivity index (χ2v) is 20.5. The molecule has 0 aliphatic rings. The minimum absolute atomic E-state index is 0.125. The molecule has 3 atom stereocenters. The highest BCUT2D eigenvalue weighted by Crippen LogP contribution is 2.38. The smallest absolute Gasteiger partial charge is 0.347 e. The van der Waals surface area contributed by atoms with Gasteiger partial charge in [-0.3, -0.25) is 0 Å². The third kappa shape index (κ3) is 16.9. The van der Waals surface area contributed by atoms with E-state index in [2.05, 4.69) is 0 Å². The van der Waals surface area contributed by atoms with E-state index in [0.717, 1.165) is 0 Å². The lowest BCUT2D eigenvalue weighted by molar-refractivity contribution is 0.0324. The molecule has 3 aromatic carbocycles. The van der Waals surface area contributed by atoms with Gasteiger partial charge in [0.2, 0.25) is 0 Å². The summed E-state index contributed by atoms with van der Waals surface area (Å²) >= 11 is 0. The summed E-state index contributed by atoms with van der Waals surface area (Å²) in [4.78, 5) is 247. The van der Waals surface area contributed by atoms with E-state index in [1.807, 2.05) is 0 Å². The molecule has 0 aliphatic heterocycles. The van der Waals surface area contributed by atoms with E-state index in [9.17, 15) is 119 Å². The maximum Gasteiger partial charge on any atom is 0.347 e. The zero-order chi connectivity index (χ0) is 71.7. The van der Waals surface area contributed by atoms with E-state index in [4.69, 9.17) is 23.7 Å². The van der Waals surface area contributed by atoms with E-state index < -0.39 is 245 Å². The summed E-state index contributed by atoms with van der Waals surface area (Å²) in [6, 6.07) is 0. The number of esters is 7. The Morgan fingerprint density at radius 1 is 0.234 bits per heavy atom. The van der Waals surface area contributed by atoms with Gasteiger partial charge in [0, 0.05) is 0 Å². The van der Waals surface area contributed by atoms with Crippen LogP contribution in [-0.4, -0.2) is 183 Å². The molecule has 0 aromatic heterocycles. The van der Waals surface area contributed by atoms with Crippen LogP contribution in [0.3, 0.4) is 0 Å². The van der Waals surface area contributed by atoms with Crippen LogP contribution in [0.2, 0.25) is 0 Å². The van der Waals surface area contributed by atoms with Crippen LogP contribution in [-0.2, 0) is 23.7 Å². The van der Waals surface area contributed by atoms with Gasteiger partial charge >= 0.3 is 107 Å². The molecule has 3 aromatic rings. The zero-order valence-electron chi connectivity index (χ0n) is 50.6. The molecule has 0 bridgehead atoms. The van der Waals surface area contributed by atoms with Crippen LogP contribution in [0, 0.1) is 17.8 Å². The normalized spacial score (nSPS) is 11.8. The summed E-state index contributed by atoms with van der Waals surface area (Å²) in [5.74, 6) is -50.6. The first kappa shape index (κ1) is 76.8. The van der Waals surface area contributed by atoms with Gasteiger partial charge < -0.3 is 79.9 Å². The monoisotopic (exact) mass is 1330 g/mol. The van der Waals surface area contributed by atoms with Gasteiger partial charge in [-0.05, 0) is 37.0 Å². The second kappa shape index (κ2) is 33.5. The first-order valence-electron chi connectivity index (χ1n) is 28.3. The lowest BCUT2D eigenvalue weighted by Crippen LogP contribution is -2.34. The van der Waals surface area contributed by atoms with Gasteiger partial charge in [-0.1, -0.05) is 99.3 Å². The molecule has 0 spiro atoms. The van der Waals surface area contributed by atoms with E-state index in [-0.39, 0.29) is 38.5 Å². The Balaban J connectivity index is 3.05. The molecule has 0 saturated carbocycles. The SMILES string of the molecule is CCCCC(CC)COC(=O)c1c(C(=O)O)c(C(=O)OC(=O)c2c(C(=O)O)c(C(=O)O)c(C(=O)O)c(C(=O)O)c2C(=O)O)c(C(=O)OC(=O)c2c(C(=O)O)c(C(=O)O)c(C(=O)O)c(C(=O)O)c2C(=O)O)c(C(=O)OCC(CC)CCCC)c1C(=O)OCC(CC)CCCC. The van der Waals surface area contributed by atoms with Gasteiger partial charge in [-0.25, -0.2) is 86.3 Å². The number of rotatable bonds is 36. The fourth-order valence-electron chi connectivity index (χ4n) is 9.90. The third-order valence-corrected chi connectivity index (χ3v) is 14.6. The number of benzene rings is 3. The molecule has 506 valence electrons. The number of carboxylic acid groups (broad SMARTS) is 11. The Labute approximate surface area is 528 Å². The highest BCUT2D eigenvalue weighted by molar-refractivity contribution is 6.29. The number of ether oxygens (including phenoxy) is 5. The molecule has 0 heterocycles. The predicted molar refractivity (Wildman–Crippen MR) is 306 cm³/mol. The molecule has 11 N–H and O–H groups in total. The summed E-state index contributed by atoms with van der Waals surface area (Å²) in [6.07, 6.45) is 4.11. The molecule has 0 aliphatic carbocycles. The fraction of sp³-hybridized carbons (Fsp3) is 0.400. The summed E-state index contributed by atoms with van der Waals surface area (Å²) < 4.78 is 26.2. The molecular formula is C60H62O34. The van der Waals surface area contributed by atoms with Gasteiger partial charge in [-0.15, -0.1) is 0 Å². The number of carbonyl (C=O) groups excluding carboxylic acids is 7. The Kier molecular flexibility index (Phi) is 27.4. The zero-order valence-corrected chi connectivity index (χ0v) is 50.6. The van der Waals surface area contributed by atoms with Crippen molar-refractivity contribution >= 4 is 107 Å². The molecular weight excluding hydrogens is 1260 g/mol. The number of hydrogen-bond donors (Lipinski definition) is 11. The molecule has 0 radical (unpaired) electrons. The van der Waals surface area contributed by atoms with Crippen LogP contribution in [0.4, 0.5) is 0 Å². The average molecular weight is 1330 g/mol. The van der Waals surface area contributed by atoms with E-state index in [0.29, 0.717) is 38.5 Å². The first-order chi connectivity index (χ1) is 44.0. The molecule has 0 amide bonds. The summed E-state index contributed by atoms with van der Waals surface area (Å²) in [5, 5.41) is 113. The Hall–Kier alpha value is -11.5. The number of aromatic carboxylic acids is 11. The van der Waals surface area contributed by atoms with Crippen molar-refractivity contribution < 1.29 is 166 Å². The van der Waals surface area contributed by atoms with Crippen molar-refractivity contribution in [3.05, 3.63) is 100 Å². The fourth-order valence-corrected chi connectivity index (χ4v) is 9.90. The number of hydrogen-bond acceptors (Lipinski definition) is 23. The third-order valence-electron chi connectivity index (χ3n) is 14.6. The van der Waals surface area contributed by atoms with Crippen LogP contribution in [0.25, 0.3) is 0 Å². The second-order valence-electron chi connectivity index (χ2n) is 20.5. The quantitative estimate of drug-likeness (QED) is 0.0153. The summed E-state index contributed by atoms with van der Waals surface area (Å²) in [7, 11) is 0. The van der Waals surface area contributed by atoms with Crippen molar-refractivity contribution in [2.45, 2.75) is 119 Å². The van der Waals surface area contributed by atoms with Crippen molar-refractivity contribution in [3.63, 3.8) is 0 Å². The molecule has 0 saturated heterocycles. The minimum Gasteiger partial charge on any atom is -0.478 e. The number of carboxylic acids is 11. The molecule has 34 heteroatoms. The predicted octanol–water partition coefficient (Wildman–Crippen LogP) is 7.48. The van der Waals surface area contributed by atoms with Crippen molar-refractivity contribution in [2.24, 2.45) is 17.8 Å². The van der Waals surface area contributed by atoms with Gasteiger partial charge in [-0.2, -0.15) is 0 Å². The van der Waals surface area contributed by atoms with E-state index >= 15 is 24.0 Å². The average Bonchev–Trinajstić information content (AvgIpc) is 0.745. The summed E-state index contributed by atoms with van der Waals surface area (Å²) in [5.41, 5.74) is -39.9. The van der Waals surface area contributed by atoms with E-state index in [1.165, 1.54) is 0 Å². The van der Waals surface area contributed by atoms with Gasteiger partial charge in [0.1, 0.15) is 0 Å². The standard InChI is InChI=1S/C60H62O34/c1-7-13-16-22(10-4)19-90-54(83)38-35(53(81)82)39(59(88)93-57(86)36-31(49(73)74)27(45(65)66)25(43(61)62)28(46(67)68)32(36)50(75)76)42(41(56(85)92-21-24(12-6)18-15-9-3)40(38)55(84)91-20-23(11-5)17-14-8-2)60(89)94-58(87)37-33(51(77)78)29(47(69)70)26(44(63)64)30(48(71)72)34(37)52(79)80/h22-24H,7-21H2,1-6H3,(H,61,62)(H,63,64)(H,65,66)(H,67,68)(H,69,70)(H,71,72)(H,73,74)(H,75,76)(H,77,78)(H,79,80)(H,81,82). The maximum atomic E-state index is 15.4. The van der Waals surface area contributed by atoms with Crippen molar-refractivity contribution in [2.75, 3.05) is 19.8 Å².